The summed E-state index contributed by atoms with van der Waals surface area (Å²) >= 11 is 0. The van der Waals surface area contributed by atoms with Crippen LogP contribution in [0.25, 0.3) is 0 Å². The highest BCUT2D eigenvalue weighted by molar-refractivity contribution is 5.80. The number of carbonyl (C=O) groups excluding carboxylic acids is 1. The molecule has 0 atom stereocenters. The number of nitrogens with one attached hydrogen (secondary N) is 1. The molecule has 104 valence electrons. The van der Waals surface area contributed by atoms with Crippen molar-refractivity contribution in [2.45, 2.75) is 19.3 Å². The van der Waals surface area contributed by atoms with Crippen LogP contribution < -0.4 is 5.32 Å². The molecular weight excluding hydrogens is 254 g/mol. The number of aromatic hydroxyl groups is 3. The summed E-state index contributed by atoms with van der Waals surface area (Å²) in [5.74, 6) is -2.88. The summed E-state index contributed by atoms with van der Waals surface area (Å²) in [5, 5.41) is 38.6. The lowest BCUT2D eigenvalue weighted by atomic mass is 10.1. The normalized spacial score (nSPS) is 10.1. The highest BCUT2D eigenvalue weighted by Crippen LogP contribution is 2.35. The summed E-state index contributed by atoms with van der Waals surface area (Å²) in [7, 11) is 0. The number of carbonyl (C=O) groups is 2. The number of phenolic OH excluding ortho intramolecular Hbond substituents is 3. The van der Waals surface area contributed by atoms with E-state index in [4.69, 9.17) is 10.2 Å². The lowest BCUT2D eigenvalue weighted by Crippen LogP contribution is -2.25. The molecular formula is C12H15NO6. The van der Waals surface area contributed by atoms with E-state index in [9.17, 15) is 19.8 Å². The van der Waals surface area contributed by atoms with Gasteiger partial charge in [-0.15, -0.1) is 0 Å². The highest BCUT2D eigenvalue weighted by atomic mass is 16.4. The monoisotopic (exact) mass is 269 g/mol. The van der Waals surface area contributed by atoms with Crippen molar-refractivity contribution < 1.29 is 30.0 Å². The van der Waals surface area contributed by atoms with Crippen LogP contribution in [0.4, 0.5) is 0 Å². The molecule has 0 radical (unpaired) electrons. The van der Waals surface area contributed by atoms with E-state index in [1.54, 1.807) is 0 Å². The van der Waals surface area contributed by atoms with Gasteiger partial charge in [0.25, 0.3) is 0 Å². The smallest absolute Gasteiger partial charge is 0.303 e. The van der Waals surface area contributed by atoms with E-state index >= 15 is 0 Å². The van der Waals surface area contributed by atoms with E-state index in [1.807, 2.05) is 0 Å². The topological polar surface area (TPSA) is 127 Å². The zero-order valence-corrected chi connectivity index (χ0v) is 10.1. The Kier molecular flexibility index (Phi) is 4.99. The number of hydrogen-bond donors (Lipinski definition) is 5. The molecule has 0 aliphatic heterocycles. The molecule has 7 nitrogen and oxygen atoms in total. The van der Waals surface area contributed by atoms with E-state index in [1.165, 1.54) is 12.1 Å². The fourth-order valence-corrected chi connectivity index (χ4v) is 1.46. The van der Waals surface area contributed by atoms with Gasteiger partial charge in [0.05, 0.1) is 6.42 Å². The quantitative estimate of drug-likeness (QED) is 0.473. The summed E-state index contributed by atoms with van der Waals surface area (Å²) in [6.45, 7) is 0.238. The molecule has 1 aromatic carbocycles. The minimum Gasteiger partial charge on any atom is -0.504 e. The van der Waals surface area contributed by atoms with Gasteiger partial charge in [0.15, 0.2) is 17.2 Å². The molecule has 0 heterocycles. The van der Waals surface area contributed by atoms with E-state index in [2.05, 4.69) is 5.32 Å². The molecule has 0 fully saturated rings. The molecule has 7 heteroatoms. The molecule has 0 aromatic heterocycles. The van der Waals surface area contributed by atoms with E-state index in [0.29, 0.717) is 12.0 Å². The van der Waals surface area contributed by atoms with Gasteiger partial charge in [0.2, 0.25) is 5.91 Å². The summed E-state index contributed by atoms with van der Waals surface area (Å²) in [5.41, 5.74) is 0.534. The van der Waals surface area contributed by atoms with E-state index in [-0.39, 0.29) is 25.3 Å². The standard InChI is InChI=1S/C12H15NO6/c14-8-5-7(6-9(15)12(8)19)3-4-13-10(16)1-2-11(17)18/h5-6,14-15,19H,1-4H2,(H,13,16)(H,17,18). The van der Waals surface area contributed by atoms with E-state index < -0.39 is 23.2 Å². The van der Waals surface area contributed by atoms with Gasteiger partial charge in [-0.2, -0.15) is 0 Å². The minimum atomic E-state index is -1.04. The summed E-state index contributed by atoms with van der Waals surface area (Å²) in [6.07, 6.45) is 0.00818. The average Bonchev–Trinajstić information content (AvgIpc) is 2.33. The number of phenols is 3. The predicted octanol–water partition coefficient (Wildman–Crippen LogP) is 0.327. The van der Waals surface area contributed by atoms with Crippen LogP contribution >= 0.6 is 0 Å². The number of carboxylic acids is 1. The largest absolute Gasteiger partial charge is 0.504 e. The van der Waals surface area contributed by atoms with Crippen molar-refractivity contribution in [3.63, 3.8) is 0 Å². The first-order valence-electron chi connectivity index (χ1n) is 5.62. The van der Waals surface area contributed by atoms with Gasteiger partial charge in [-0.05, 0) is 24.1 Å². The maximum Gasteiger partial charge on any atom is 0.303 e. The predicted molar refractivity (Wildman–Crippen MR) is 65.0 cm³/mol. The Hall–Kier alpha value is -2.44. The highest BCUT2D eigenvalue weighted by Gasteiger charge is 2.09. The van der Waals surface area contributed by atoms with Crippen molar-refractivity contribution in [1.29, 1.82) is 0 Å². The number of aliphatic carboxylic acids is 1. The minimum absolute atomic E-state index is 0.0958. The molecule has 0 saturated carbocycles. The Morgan fingerprint density at radius 1 is 1.05 bits per heavy atom. The zero-order chi connectivity index (χ0) is 14.4. The van der Waals surface area contributed by atoms with Crippen molar-refractivity contribution >= 4 is 11.9 Å². The van der Waals surface area contributed by atoms with Crippen molar-refractivity contribution in [3.8, 4) is 17.2 Å². The Labute approximate surface area is 109 Å². The number of benzene rings is 1. The molecule has 0 saturated heterocycles. The first-order valence-corrected chi connectivity index (χ1v) is 5.62. The maximum absolute atomic E-state index is 11.2. The van der Waals surface area contributed by atoms with Gasteiger partial charge in [-0.1, -0.05) is 0 Å². The molecule has 0 spiro atoms. The van der Waals surface area contributed by atoms with Gasteiger partial charge in [0.1, 0.15) is 0 Å². The zero-order valence-electron chi connectivity index (χ0n) is 10.1. The van der Waals surface area contributed by atoms with Crippen LogP contribution in [0.1, 0.15) is 18.4 Å². The number of amides is 1. The molecule has 0 unspecified atom stereocenters. The molecule has 1 amide bonds. The van der Waals surface area contributed by atoms with Crippen LogP contribution in [0.2, 0.25) is 0 Å². The van der Waals surface area contributed by atoms with Crippen LogP contribution in [0.15, 0.2) is 12.1 Å². The first-order chi connectivity index (χ1) is 8.90. The average molecular weight is 269 g/mol. The Morgan fingerprint density at radius 3 is 2.16 bits per heavy atom. The van der Waals surface area contributed by atoms with Crippen molar-refractivity contribution in [2.24, 2.45) is 0 Å². The van der Waals surface area contributed by atoms with Crippen molar-refractivity contribution in [2.75, 3.05) is 6.54 Å². The molecule has 1 aromatic rings. The SMILES string of the molecule is O=C(O)CCC(=O)NCCc1cc(O)c(O)c(O)c1. The second kappa shape index (κ2) is 6.48. The van der Waals surface area contributed by atoms with Crippen LogP contribution in [0.5, 0.6) is 17.2 Å². The number of hydrogen-bond acceptors (Lipinski definition) is 5. The van der Waals surface area contributed by atoms with Crippen LogP contribution in [0, 0.1) is 0 Å². The van der Waals surface area contributed by atoms with Gasteiger partial charge in [0, 0.05) is 13.0 Å². The van der Waals surface area contributed by atoms with Crippen LogP contribution in [-0.4, -0.2) is 38.8 Å². The lowest BCUT2D eigenvalue weighted by molar-refractivity contribution is -0.138. The Morgan fingerprint density at radius 2 is 1.63 bits per heavy atom. The lowest BCUT2D eigenvalue weighted by Gasteiger charge is -2.07. The Balaban J connectivity index is 2.41. The number of rotatable bonds is 6. The van der Waals surface area contributed by atoms with Gasteiger partial charge >= 0.3 is 5.97 Å². The summed E-state index contributed by atoms with van der Waals surface area (Å²) in [6, 6.07) is 2.55. The van der Waals surface area contributed by atoms with Gasteiger partial charge < -0.3 is 25.7 Å². The Bertz CT molecular complexity index is 462. The molecule has 0 bridgehead atoms. The number of carboxylic acid groups (broad SMARTS) is 1. The van der Waals surface area contributed by atoms with Crippen molar-refractivity contribution in [3.05, 3.63) is 17.7 Å². The van der Waals surface area contributed by atoms with Crippen LogP contribution in [0.3, 0.4) is 0 Å². The second-order valence-corrected chi connectivity index (χ2v) is 3.98. The third kappa shape index (κ3) is 4.74. The molecule has 0 aliphatic rings. The van der Waals surface area contributed by atoms with E-state index in [0.717, 1.165) is 0 Å². The third-order valence-corrected chi connectivity index (χ3v) is 2.43. The molecule has 0 aliphatic carbocycles. The fraction of sp³-hybridized carbons (Fsp3) is 0.333. The molecule has 1 rings (SSSR count). The molecule has 5 N–H and O–H groups in total. The van der Waals surface area contributed by atoms with Crippen molar-refractivity contribution in [1.82, 2.24) is 5.32 Å². The first kappa shape index (κ1) is 14.6. The molecule has 19 heavy (non-hydrogen) atoms. The summed E-state index contributed by atoms with van der Waals surface area (Å²) < 4.78 is 0. The second-order valence-electron chi connectivity index (χ2n) is 3.98. The third-order valence-electron chi connectivity index (χ3n) is 2.43. The van der Waals surface area contributed by atoms with Crippen LogP contribution in [-0.2, 0) is 16.0 Å². The fourth-order valence-electron chi connectivity index (χ4n) is 1.46. The maximum atomic E-state index is 11.2. The van der Waals surface area contributed by atoms with Gasteiger partial charge in [-0.3, -0.25) is 9.59 Å². The summed E-state index contributed by atoms with van der Waals surface area (Å²) in [4.78, 5) is 21.5. The van der Waals surface area contributed by atoms with Gasteiger partial charge in [-0.25, -0.2) is 0 Å².